The lowest BCUT2D eigenvalue weighted by Crippen LogP contribution is -2.39. The summed E-state index contributed by atoms with van der Waals surface area (Å²) in [6, 6.07) is 7.00. The van der Waals surface area contributed by atoms with Crippen LogP contribution in [0.2, 0.25) is 0 Å². The summed E-state index contributed by atoms with van der Waals surface area (Å²) < 4.78 is 16.6. The van der Waals surface area contributed by atoms with E-state index in [0.29, 0.717) is 0 Å². The van der Waals surface area contributed by atoms with Crippen LogP contribution in [0.4, 0.5) is 17.1 Å². The SMILES string of the molecule is c1c(N2CCOCC2)cc(N2CCOCC2)cc1N1CCOCC1. The fourth-order valence-electron chi connectivity index (χ4n) is 3.59. The van der Waals surface area contributed by atoms with Gasteiger partial charge in [-0.25, -0.2) is 0 Å². The summed E-state index contributed by atoms with van der Waals surface area (Å²) in [6.45, 7) is 10.7. The molecule has 0 radical (unpaired) electrons. The van der Waals surface area contributed by atoms with Gasteiger partial charge < -0.3 is 28.9 Å². The van der Waals surface area contributed by atoms with Crippen molar-refractivity contribution in [2.45, 2.75) is 0 Å². The molecule has 3 fully saturated rings. The molecule has 0 atom stereocenters. The van der Waals surface area contributed by atoms with Crippen molar-refractivity contribution in [1.82, 2.24) is 0 Å². The van der Waals surface area contributed by atoms with Crippen LogP contribution in [0.15, 0.2) is 18.2 Å². The smallest absolute Gasteiger partial charge is 0.0642 e. The van der Waals surface area contributed by atoms with Crippen LogP contribution in [0.3, 0.4) is 0 Å². The molecular formula is C18H27N3O3. The van der Waals surface area contributed by atoms with E-state index in [0.717, 1.165) is 78.9 Å². The van der Waals surface area contributed by atoms with Crippen LogP contribution in [-0.2, 0) is 14.2 Å². The Kier molecular flexibility index (Phi) is 5.06. The van der Waals surface area contributed by atoms with E-state index in [-0.39, 0.29) is 0 Å². The molecule has 0 spiro atoms. The predicted octanol–water partition coefficient (Wildman–Crippen LogP) is 1.20. The molecule has 1 aromatic rings. The number of rotatable bonds is 3. The molecule has 132 valence electrons. The number of benzene rings is 1. The van der Waals surface area contributed by atoms with Gasteiger partial charge in [0.15, 0.2) is 0 Å². The highest BCUT2D eigenvalue weighted by Crippen LogP contribution is 2.31. The predicted molar refractivity (Wildman–Crippen MR) is 95.5 cm³/mol. The molecule has 3 aliphatic rings. The molecule has 6 nitrogen and oxygen atoms in total. The van der Waals surface area contributed by atoms with Gasteiger partial charge in [-0.15, -0.1) is 0 Å². The van der Waals surface area contributed by atoms with Crippen LogP contribution in [0.1, 0.15) is 0 Å². The lowest BCUT2D eigenvalue weighted by molar-refractivity contribution is 0.122. The second kappa shape index (κ2) is 7.59. The van der Waals surface area contributed by atoms with E-state index in [2.05, 4.69) is 32.9 Å². The third-order valence-electron chi connectivity index (χ3n) is 5.02. The zero-order valence-electron chi connectivity index (χ0n) is 14.3. The molecule has 4 rings (SSSR count). The van der Waals surface area contributed by atoms with Gasteiger partial charge in [0.2, 0.25) is 0 Å². The van der Waals surface area contributed by atoms with Crippen LogP contribution in [0.25, 0.3) is 0 Å². The zero-order valence-corrected chi connectivity index (χ0v) is 14.3. The molecule has 3 saturated heterocycles. The van der Waals surface area contributed by atoms with Crippen molar-refractivity contribution in [1.29, 1.82) is 0 Å². The van der Waals surface area contributed by atoms with Gasteiger partial charge in [-0.05, 0) is 18.2 Å². The molecule has 0 amide bonds. The molecule has 1 aromatic carbocycles. The summed E-state index contributed by atoms with van der Waals surface area (Å²) >= 11 is 0. The maximum Gasteiger partial charge on any atom is 0.0642 e. The normalized spacial score (nSPS) is 22.8. The summed E-state index contributed by atoms with van der Waals surface area (Å²) in [5.41, 5.74) is 3.93. The van der Waals surface area contributed by atoms with Crippen LogP contribution < -0.4 is 14.7 Å². The molecule has 0 aliphatic carbocycles. The monoisotopic (exact) mass is 333 g/mol. The molecule has 0 unspecified atom stereocenters. The average molecular weight is 333 g/mol. The fourth-order valence-corrected chi connectivity index (χ4v) is 3.59. The van der Waals surface area contributed by atoms with Gasteiger partial charge in [0, 0.05) is 56.3 Å². The Labute approximate surface area is 143 Å². The molecule has 0 N–H and O–H groups in total. The molecule has 6 heteroatoms. The maximum absolute atomic E-state index is 5.52. The Balaban J connectivity index is 1.63. The molecule has 0 saturated carbocycles. The second-order valence-electron chi connectivity index (χ2n) is 6.51. The topological polar surface area (TPSA) is 37.4 Å². The van der Waals surface area contributed by atoms with E-state index in [9.17, 15) is 0 Å². The van der Waals surface area contributed by atoms with Crippen molar-refractivity contribution < 1.29 is 14.2 Å². The zero-order chi connectivity index (χ0) is 16.2. The minimum absolute atomic E-state index is 0.814. The van der Waals surface area contributed by atoms with E-state index >= 15 is 0 Å². The summed E-state index contributed by atoms with van der Waals surface area (Å²) in [6.07, 6.45) is 0. The quantitative estimate of drug-likeness (QED) is 0.827. The highest BCUT2D eigenvalue weighted by atomic mass is 16.5. The lowest BCUT2D eigenvalue weighted by Gasteiger charge is -2.35. The molecule has 0 aromatic heterocycles. The lowest BCUT2D eigenvalue weighted by atomic mass is 10.1. The van der Waals surface area contributed by atoms with E-state index in [1.165, 1.54) is 17.1 Å². The van der Waals surface area contributed by atoms with Gasteiger partial charge in [0.05, 0.1) is 39.6 Å². The van der Waals surface area contributed by atoms with Crippen LogP contribution in [-0.4, -0.2) is 78.9 Å². The van der Waals surface area contributed by atoms with Crippen molar-refractivity contribution in [3.8, 4) is 0 Å². The van der Waals surface area contributed by atoms with Crippen molar-refractivity contribution in [3.05, 3.63) is 18.2 Å². The van der Waals surface area contributed by atoms with E-state index < -0.39 is 0 Å². The Morgan fingerprint density at radius 1 is 0.458 bits per heavy atom. The van der Waals surface area contributed by atoms with E-state index in [1.54, 1.807) is 0 Å². The highest BCUT2D eigenvalue weighted by Gasteiger charge is 2.19. The highest BCUT2D eigenvalue weighted by molar-refractivity contribution is 5.70. The van der Waals surface area contributed by atoms with Crippen molar-refractivity contribution in [3.63, 3.8) is 0 Å². The first-order valence-corrected chi connectivity index (χ1v) is 9.03. The average Bonchev–Trinajstić information content (AvgIpc) is 2.70. The Bertz CT molecular complexity index is 448. The van der Waals surface area contributed by atoms with Gasteiger partial charge in [-0.2, -0.15) is 0 Å². The first-order valence-electron chi connectivity index (χ1n) is 9.03. The van der Waals surface area contributed by atoms with Crippen LogP contribution in [0.5, 0.6) is 0 Å². The molecule has 0 bridgehead atoms. The van der Waals surface area contributed by atoms with Crippen molar-refractivity contribution >= 4 is 17.1 Å². The number of hydrogen-bond donors (Lipinski definition) is 0. The third kappa shape index (κ3) is 3.61. The number of hydrogen-bond acceptors (Lipinski definition) is 6. The summed E-state index contributed by atoms with van der Waals surface area (Å²) in [5.74, 6) is 0. The van der Waals surface area contributed by atoms with Crippen molar-refractivity contribution in [2.75, 3.05) is 93.6 Å². The molecule has 24 heavy (non-hydrogen) atoms. The van der Waals surface area contributed by atoms with Crippen LogP contribution in [0, 0.1) is 0 Å². The van der Waals surface area contributed by atoms with Gasteiger partial charge >= 0.3 is 0 Å². The third-order valence-corrected chi connectivity index (χ3v) is 5.02. The summed E-state index contributed by atoms with van der Waals surface area (Å²) in [5, 5.41) is 0. The first-order chi connectivity index (χ1) is 11.9. The first kappa shape index (κ1) is 16.0. The summed E-state index contributed by atoms with van der Waals surface area (Å²) in [4.78, 5) is 7.33. The van der Waals surface area contributed by atoms with Gasteiger partial charge in [-0.1, -0.05) is 0 Å². The largest absolute Gasteiger partial charge is 0.378 e. The van der Waals surface area contributed by atoms with Crippen LogP contribution >= 0.6 is 0 Å². The van der Waals surface area contributed by atoms with E-state index in [4.69, 9.17) is 14.2 Å². The molecule has 3 aliphatic heterocycles. The molecular weight excluding hydrogens is 306 g/mol. The minimum Gasteiger partial charge on any atom is -0.378 e. The van der Waals surface area contributed by atoms with Gasteiger partial charge in [0.1, 0.15) is 0 Å². The number of morpholine rings is 3. The number of anilines is 3. The van der Waals surface area contributed by atoms with Gasteiger partial charge in [0.25, 0.3) is 0 Å². The maximum atomic E-state index is 5.52. The second-order valence-corrected chi connectivity index (χ2v) is 6.51. The van der Waals surface area contributed by atoms with Crippen molar-refractivity contribution in [2.24, 2.45) is 0 Å². The standard InChI is InChI=1S/C18H27N3O3/c1-7-22-8-2-19(1)16-13-17(20-3-9-23-10-4-20)15-18(14-16)21-5-11-24-12-6-21/h13-15H,1-12H2. The Morgan fingerprint density at radius 3 is 0.958 bits per heavy atom. The van der Waals surface area contributed by atoms with E-state index in [1.807, 2.05) is 0 Å². The number of ether oxygens (including phenoxy) is 3. The Hall–Kier alpha value is -1.50. The number of nitrogens with zero attached hydrogens (tertiary/aromatic N) is 3. The fraction of sp³-hybridized carbons (Fsp3) is 0.667. The van der Waals surface area contributed by atoms with Gasteiger partial charge in [-0.3, -0.25) is 0 Å². The molecule has 3 heterocycles. The Morgan fingerprint density at radius 2 is 0.708 bits per heavy atom. The minimum atomic E-state index is 0.814. The summed E-state index contributed by atoms with van der Waals surface area (Å²) in [7, 11) is 0.